The van der Waals surface area contributed by atoms with Crippen molar-refractivity contribution < 1.29 is 9.18 Å². The summed E-state index contributed by atoms with van der Waals surface area (Å²) in [5, 5.41) is 9.60. The predicted molar refractivity (Wildman–Crippen MR) is 95.4 cm³/mol. The number of rotatable bonds is 4. The van der Waals surface area contributed by atoms with Crippen LogP contribution >= 0.6 is 11.3 Å². The molecule has 0 fully saturated rings. The summed E-state index contributed by atoms with van der Waals surface area (Å²) in [5.41, 5.74) is 3.00. The summed E-state index contributed by atoms with van der Waals surface area (Å²) in [4.78, 5) is 13.4. The quantitative estimate of drug-likeness (QED) is 0.774. The third kappa shape index (κ3) is 3.35. The lowest BCUT2D eigenvalue weighted by Gasteiger charge is -2.24. The highest BCUT2D eigenvalue weighted by Gasteiger charge is 2.26. The Morgan fingerprint density at radius 1 is 1.32 bits per heavy atom. The Bertz CT molecular complexity index is 871. The average Bonchev–Trinajstić information content (AvgIpc) is 3.26. The number of benzene rings is 1. The van der Waals surface area contributed by atoms with E-state index in [9.17, 15) is 9.18 Å². The highest BCUT2D eigenvalue weighted by molar-refractivity contribution is 7.10. The molecule has 4 nitrogen and oxygen atoms in total. The van der Waals surface area contributed by atoms with E-state index in [4.69, 9.17) is 0 Å². The number of hydrogen-bond acceptors (Lipinski definition) is 3. The SMILES string of the molecule is O=C(Cc1cccs1)NC1CCCc2c1cnn2-c1ccc(F)cc1. The zero-order valence-corrected chi connectivity index (χ0v) is 14.4. The summed E-state index contributed by atoms with van der Waals surface area (Å²) in [6, 6.07) is 10.2. The smallest absolute Gasteiger partial charge is 0.225 e. The first-order valence-corrected chi connectivity index (χ1v) is 9.23. The van der Waals surface area contributed by atoms with Gasteiger partial charge in [-0.15, -0.1) is 11.3 Å². The molecule has 1 aliphatic carbocycles. The fourth-order valence-electron chi connectivity index (χ4n) is 3.33. The normalized spacial score (nSPS) is 16.4. The van der Waals surface area contributed by atoms with E-state index in [0.29, 0.717) is 6.42 Å². The number of fused-ring (bicyclic) bond motifs is 1. The first-order chi connectivity index (χ1) is 12.2. The highest BCUT2D eigenvalue weighted by Crippen LogP contribution is 2.31. The maximum absolute atomic E-state index is 13.2. The van der Waals surface area contributed by atoms with E-state index in [2.05, 4.69) is 10.4 Å². The summed E-state index contributed by atoms with van der Waals surface area (Å²) < 4.78 is 15.0. The van der Waals surface area contributed by atoms with Crippen LogP contribution < -0.4 is 5.32 Å². The molecule has 4 rings (SSSR count). The molecule has 2 heterocycles. The van der Waals surface area contributed by atoms with Crippen molar-refractivity contribution in [2.24, 2.45) is 0 Å². The lowest BCUT2D eigenvalue weighted by molar-refractivity contribution is -0.121. The van der Waals surface area contributed by atoms with Crippen LogP contribution in [0.2, 0.25) is 0 Å². The molecule has 0 saturated heterocycles. The van der Waals surface area contributed by atoms with Crippen LogP contribution in [0.3, 0.4) is 0 Å². The molecule has 1 atom stereocenters. The second-order valence-electron chi connectivity index (χ2n) is 6.20. The summed E-state index contributed by atoms with van der Waals surface area (Å²) in [6.45, 7) is 0. The van der Waals surface area contributed by atoms with Crippen LogP contribution in [0.25, 0.3) is 5.69 Å². The molecule has 1 N–H and O–H groups in total. The van der Waals surface area contributed by atoms with Crippen LogP contribution in [-0.4, -0.2) is 15.7 Å². The van der Waals surface area contributed by atoms with Crippen molar-refractivity contribution in [3.8, 4) is 5.69 Å². The standard InChI is InChI=1S/C19H18FN3OS/c20-13-6-8-14(9-7-13)23-18-5-1-4-17(16(18)12-21-23)22-19(24)11-15-3-2-10-25-15/h2-3,6-10,12,17H,1,4-5,11H2,(H,22,24). The zero-order chi connectivity index (χ0) is 17.2. The lowest BCUT2D eigenvalue weighted by Crippen LogP contribution is -2.31. The molecule has 128 valence electrons. The monoisotopic (exact) mass is 355 g/mol. The van der Waals surface area contributed by atoms with Gasteiger partial charge in [0.25, 0.3) is 0 Å². The molecular weight excluding hydrogens is 337 g/mol. The van der Waals surface area contributed by atoms with Gasteiger partial charge < -0.3 is 5.32 Å². The van der Waals surface area contributed by atoms with Gasteiger partial charge in [0.1, 0.15) is 5.82 Å². The Kier molecular flexibility index (Phi) is 4.36. The van der Waals surface area contributed by atoms with Crippen molar-refractivity contribution in [3.05, 3.63) is 69.9 Å². The van der Waals surface area contributed by atoms with Crippen molar-refractivity contribution >= 4 is 17.2 Å². The third-order valence-electron chi connectivity index (χ3n) is 4.50. The van der Waals surface area contributed by atoms with Gasteiger partial charge in [-0.05, 0) is 55.0 Å². The Hall–Kier alpha value is -2.47. The van der Waals surface area contributed by atoms with Gasteiger partial charge >= 0.3 is 0 Å². The molecule has 2 aromatic heterocycles. The first kappa shape index (κ1) is 16.0. The van der Waals surface area contributed by atoms with Crippen molar-refractivity contribution in [1.29, 1.82) is 0 Å². The van der Waals surface area contributed by atoms with E-state index >= 15 is 0 Å². The molecule has 1 amide bonds. The number of hydrogen-bond donors (Lipinski definition) is 1. The van der Waals surface area contributed by atoms with Gasteiger partial charge in [-0.1, -0.05) is 6.07 Å². The zero-order valence-electron chi connectivity index (χ0n) is 13.6. The highest BCUT2D eigenvalue weighted by atomic mass is 32.1. The Labute approximate surface area is 149 Å². The minimum Gasteiger partial charge on any atom is -0.349 e. The molecule has 1 unspecified atom stereocenters. The van der Waals surface area contributed by atoms with Crippen molar-refractivity contribution in [3.63, 3.8) is 0 Å². The fraction of sp³-hybridized carbons (Fsp3) is 0.263. The van der Waals surface area contributed by atoms with Crippen LogP contribution in [0.5, 0.6) is 0 Å². The molecule has 0 radical (unpaired) electrons. The van der Waals surface area contributed by atoms with Crippen LogP contribution in [-0.2, 0) is 17.6 Å². The van der Waals surface area contributed by atoms with Crippen molar-refractivity contribution in [1.82, 2.24) is 15.1 Å². The van der Waals surface area contributed by atoms with Gasteiger partial charge in [0.05, 0.1) is 24.3 Å². The fourth-order valence-corrected chi connectivity index (χ4v) is 4.03. The third-order valence-corrected chi connectivity index (χ3v) is 5.38. The van der Waals surface area contributed by atoms with Gasteiger partial charge in [-0.25, -0.2) is 9.07 Å². The second kappa shape index (κ2) is 6.80. The Balaban J connectivity index is 1.54. The van der Waals surface area contributed by atoms with E-state index < -0.39 is 0 Å². The maximum Gasteiger partial charge on any atom is 0.225 e. The minimum atomic E-state index is -0.261. The molecule has 25 heavy (non-hydrogen) atoms. The summed E-state index contributed by atoms with van der Waals surface area (Å²) >= 11 is 1.59. The van der Waals surface area contributed by atoms with E-state index in [1.807, 2.05) is 28.4 Å². The van der Waals surface area contributed by atoms with Crippen molar-refractivity contribution in [2.75, 3.05) is 0 Å². The minimum absolute atomic E-state index is 0.00888. The molecule has 0 bridgehead atoms. The van der Waals surface area contributed by atoms with E-state index in [0.717, 1.165) is 41.1 Å². The molecule has 0 saturated carbocycles. The summed E-state index contributed by atoms with van der Waals surface area (Å²) in [6.07, 6.45) is 5.05. The van der Waals surface area contributed by atoms with Crippen LogP contribution in [0.1, 0.15) is 35.0 Å². The summed E-state index contributed by atoms with van der Waals surface area (Å²) in [7, 11) is 0. The molecule has 0 aliphatic heterocycles. The van der Waals surface area contributed by atoms with E-state index in [1.165, 1.54) is 12.1 Å². The number of nitrogens with one attached hydrogen (secondary N) is 1. The number of nitrogens with zero attached hydrogens (tertiary/aromatic N) is 2. The van der Waals surface area contributed by atoms with Crippen LogP contribution in [0.15, 0.2) is 48.0 Å². The maximum atomic E-state index is 13.2. The Morgan fingerprint density at radius 3 is 2.92 bits per heavy atom. The summed E-state index contributed by atoms with van der Waals surface area (Å²) in [5.74, 6) is -0.224. The molecule has 0 spiro atoms. The van der Waals surface area contributed by atoms with E-state index in [-0.39, 0.29) is 17.8 Å². The number of amides is 1. The Morgan fingerprint density at radius 2 is 2.16 bits per heavy atom. The lowest BCUT2D eigenvalue weighted by atomic mass is 9.92. The van der Waals surface area contributed by atoms with Crippen LogP contribution in [0.4, 0.5) is 4.39 Å². The number of carbonyl (C=O) groups is 1. The number of carbonyl (C=O) groups excluding carboxylic acids is 1. The van der Waals surface area contributed by atoms with Crippen molar-refractivity contribution in [2.45, 2.75) is 31.7 Å². The molecule has 1 aliphatic rings. The number of aromatic nitrogens is 2. The number of halogens is 1. The van der Waals surface area contributed by atoms with Gasteiger partial charge in [-0.2, -0.15) is 5.10 Å². The first-order valence-electron chi connectivity index (χ1n) is 8.35. The van der Waals surface area contributed by atoms with Crippen LogP contribution in [0, 0.1) is 5.82 Å². The van der Waals surface area contributed by atoms with Gasteiger partial charge in [0.2, 0.25) is 5.91 Å². The molecule has 6 heteroatoms. The van der Waals surface area contributed by atoms with Gasteiger partial charge in [-0.3, -0.25) is 4.79 Å². The number of thiophene rings is 1. The largest absolute Gasteiger partial charge is 0.349 e. The average molecular weight is 355 g/mol. The molecule has 1 aromatic carbocycles. The second-order valence-corrected chi connectivity index (χ2v) is 7.24. The topological polar surface area (TPSA) is 46.9 Å². The predicted octanol–water partition coefficient (Wildman–Crippen LogP) is 3.81. The van der Waals surface area contributed by atoms with E-state index in [1.54, 1.807) is 23.5 Å². The van der Waals surface area contributed by atoms with Gasteiger partial charge in [0, 0.05) is 16.1 Å². The van der Waals surface area contributed by atoms with Gasteiger partial charge in [0.15, 0.2) is 0 Å². The molecule has 3 aromatic rings. The molecular formula is C19H18FN3OS.